The van der Waals surface area contributed by atoms with E-state index in [1.807, 2.05) is 0 Å². The maximum absolute atomic E-state index is 12.2. The number of pyridine rings is 1. The van der Waals surface area contributed by atoms with E-state index in [-0.39, 0.29) is 17.0 Å². The zero-order valence-corrected chi connectivity index (χ0v) is 10.4. The van der Waals surface area contributed by atoms with Crippen LogP contribution in [0.15, 0.2) is 23.1 Å². The van der Waals surface area contributed by atoms with Crippen molar-refractivity contribution >= 4 is 5.91 Å². The second-order valence-corrected chi connectivity index (χ2v) is 4.75. The summed E-state index contributed by atoms with van der Waals surface area (Å²) in [5.74, 6) is 0.300. The summed E-state index contributed by atoms with van der Waals surface area (Å²) in [4.78, 5) is 28.1. The van der Waals surface area contributed by atoms with E-state index in [9.17, 15) is 9.59 Å². The van der Waals surface area contributed by atoms with Gasteiger partial charge in [-0.2, -0.15) is 0 Å². The summed E-state index contributed by atoms with van der Waals surface area (Å²) >= 11 is 0. The van der Waals surface area contributed by atoms with Crippen molar-refractivity contribution in [2.45, 2.75) is 19.3 Å². The molecule has 0 spiro atoms. The minimum absolute atomic E-state index is 0.168. The Morgan fingerprint density at radius 2 is 2.39 bits per heavy atom. The minimum Gasteiger partial charge on any atom is -0.338 e. The molecule has 18 heavy (non-hydrogen) atoms. The van der Waals surface area contributed by atoms with Crippen LogP contribution >= 0.6 is 0 Å². The fourth-order valence-electron chi connectivity index (χ4n) is 2.48. The highest BCUT2D eigenvalue weighted by molar-refractivity contribution is 5.93. The van der Waals surface area contributed by atoms with E-state index in [2.05, 4.69) is 4.98 Å². The van der Waals surface area contributed by atoms with Gasteiger partial charge in [0.15, 0.2) is 0 Å². The number of piperidine rings is 1. The van der Waals surface area contributed by atoms with Gasteiger partial charge in [0, 0.05) is 19.3 Å². The fourth-order valence-corrected chi connectivity index (χ4v) is 2.48. The van der Waals surface area contributed by atoms with E-state index in [1.54, 1.807) is 17.0 Å². The molecule has 0 aliphatic carbocycles. The Bertz CT molecular complexity index is 467. The van der Waals surface area contributed by atoms with Crippen LogP contribution in [0.25, 0.3) is 0 Å². The van der Waals surface area contributed by atoms with Crippen molar-refractivity contribution in [3.05, 3.63) is 34.2 Å². The van der Waals surface area contributed by atoms with E-state index >= 15 is 0 Å². The topological polar surface area (TPSA) is 79.2 Å². The van der Waals surface area contributed by atoms with Crippen LogP contribution in [0.5, 0.6) is 0 Å². The number of aromatic nitrogens is 1. The standard InChI is InChI=1S/C13H19N3O2/c14-6-5-10-3-2-8-16(9-10)13(18)11-4-1-7-15-12(11)17/h1,4,7,10H,2-3,5-6,8-9,14H2,(H,15,17). The highest BCUT2D eigenvalue weighted by Gasteiger charge is 2.25. The molecular weight excluding hydrogens is 230 g/mol. The van der Waals surface area contributed by atoms with Gasteiger partial charge in [0.25, 0.3) is 11.5 Å². The zero-order valence-electron chi connectivity index (χ0n) is 10.4. The quantitative estimate of drug-likeness (QED) is 0.822. The predicted octanol–water partition coefficient (Wildman–Crippen LogP) is 0.576. The lowest BCUT2D eigenvalue weighted by molar-refractivity contribution is 0.0667. The number of aromatic amines is 1. The van der Waals surface area contributed by atoms with E-state index in [0.717, 1.165) is 25.8 Å². The van der Waals surface area contributed by atoms with Gasteiger partial charge in [-0.1, -0.05) is 0 Å². The number of carbonyl (C=O) groups excluding carboxylic acids is 1. The van der Waals surface area contributed by atoms with Gasteiger partial charge in [-0.3, -0.25) is 9.59 Å². The Hall–Kier alpha value is -1.62. The van der Waals surface area contributed by atoms with Gasteiger partial charge < -0.3 is 15.6 Å². The third-order valence-corrected chi connectivity index (χ3v) is 3.43. The first-order valence-corrected chi connectivity index (χ1v) is 6.39. The van der Waals surface area contributed by atoms with Gasteiger partial charge in [-0.15, -0.1) is 0 Å². The van der Waals surface area contributed by atoms with E-state index in [4.69, 9.17) is 5.73 Å². The average molecular weight is 249 g/mol. The molecule has 1 aliphatic rings. The number of carbonyl (C=O) groups is 1. The Labute approximate surface area is 106 Å². The van der Waals surface area contributed by atoms with Crippen LogP contribution in [0.4, 0.5) is 0 Å². The maximum atomic E-state index is 12.2. The predicted molar refractivity (Wildman–Crippen MR) is 69.4 cm³/mol. The molecule has 2 heterocycles. The molecule has 1 aromatic heterocycles. The fraction of sp³-hybridized carbons (Fsp3) is 0.538. The first kappa shape index (κ1) is 12.8. The number of nitrogens with two attached hydrogens (primary N) is 1. The first-order chi connectivity index (χ1) is 8.72. The van der Waals surface area contributed by atoms with Crippen LogP contribution in [0, 0.1) is 5.92 Å². The zero-order chi connectivity index (χ0) is 13.0. The number of rotatable bonds is 3. The number of hydrogen-bond acceptors (Lipinski definition) is 3. The smallest absolute Gasteiger partial charge is 0.260 e. The van der Waals surface area contributed by atoms with Gasteiger partial charge in [0.2, 0.25) is 0 Å². The summed E-state index contributed by atoms with van der Waals surface area (Å²) in [5.41, 5.74) is 5.47. The summed E-state index contributed by atoms with van der Waals surface area (Å²) < 4.78 is 0. The van der Waals surface area contributed by atoms with Gasteiger partial charge >= 0.3 is 0 Å². The van der Waals surface area contributed by atoms with Crippen LogP contribution in [-0.2, 0) is 0 Å². The molecule has 3 N–H and O–H groups in total. The van der Waals surface area contributed by atoms with Gasteiger partial charge in [0.05, 0.1) is 0 Å². The van der Waals surface area contributed by atoms with Crippen molar-refractivity contribution in [2.24, 2.45) is 11.7 Å². The molecule has 98 valence electrons. The summed E-state index contributed by atoms with van der Waals surface area (Å²) in [6.45, 7) is 2.09. The lowest BCUT2D eigenvalue weighted by atomic mass is 9.94. The SMILES string of the molecule is NCCC1CCCN(C(=O)c2ccc[nH]c2=O)C1. The monoisotopic (exact) mass is 249 g/mol. The molecule has 1 aliphatic heterocycles. The lowest BCUT2D eigenvalue weighted by Crippen LogP contribution is -2.42. The number of likely N-dealkylation sites (tertiary alicyclic amines) is 1. The third-order valence-electron chi connectivity index (χ3n) is 3.43. The number of hydrogen-bond donors (Lipinski definition) is 2. The summed E-state index contributed by atoms with van der Waals surface area (Å²) in [6, 6.07) is 3.25. The van der Waals surface area contributed by atoms with Crippen molar-refractivity contribution in [1.29, 1.82) is 0 Å². The molecule has 0 radical (unpaired) electrons. The van der Waals surface area contributed by atoms with E-state index in [0.29, 0.717) is 19.0 Å². The number of nitrogens with zero attached hydrogens (tertiary/aromatic N) is 1. The molecule has 1 fully saturated rings. The van der Waals surface area contributed by atoms with Crippen molar-refractivity contribution < 1.29 is 4.79 Å². The Balaban J connectivity index is 2.09. The maximum Gasteiger partial charge on any atom is 0.260 e. The summed E-state index contributed by atoms with van der Waals surface area (Å²) in [5, 5.41) is 0. The second-order valence-electron chi connectivity index (χ2n) is 4.75. The van der Waals surface area contributed by atoms with Gasteiger partial charge in [-0.05, 0) is 43.9 Å². The van der Waals surface area contributed by atoms with Crippen molar-refractivity contribution in [2.75, 3.05) is 19.6 Å². The molecular formula is C13H19N3O2. The van der Waals surface area contributed by atoms with Gasteiger partial charge in [-0.25, -0.2) is 0 Å². The molecule has 1 unspecified atom stereocenters. The molecule has 0 saturated carbocycles. The lowest BCUT2D eigenvalue weighted by Gasteiger charge is -2.32. The molecule has 1 amide bonds. The van der Waals surface area contributed by atoms with Crippen molar-refractivity contribution in [1.82, 2.24) is 9.88 Å². The molecule has 1 atom stereocenters. The van der Waals surface area contributed by atoms with Crippen molar-refractivity contribution in [3.8, 4) is 0 Å². The summed E-state index contributed by atoms with van der Waals surface area (Å²) in [6.07, 6.45) is 4.58. The molecule has 1 aromatic rings. The van der Waals surface area contributed by atoms with E-state index in [1.165, 1.54) is 6.20 Å². The third kappa shape index (κ3) is 2.79. The van der Waals surface area contributed by atoms with Crippen LogP contribution in [0.2, 0.25) is 0 Å². The molecule has 2 rings (SSSR count). The summed E-state index contributed by atoms with van der Waals surface area (Å²) in [7, 11) is 0. The highest BCUT2D eigenvalue weighted by atomic mass is 16.2. The van der Waals surface area contributed by atoms with Crippen LogP contribution in [-0.4, -0.2) is 35.4 Å². The van der Waals surface area contributed by atoms with Crippen LogP contribution in [0.3, 0.4) is 0 Å². The van der Waals surface area contributed by atoms with E-state index < -0.39 is 0 Å². The average Bonchev–Trinajstić information content (AvgIpc) is 2.39. The minimum atomic E-state index is -0.316. The number of H-pyrrole nitrogens is 1. The second kappa shape index (κ2) is 5.82. The number of amides is 1. The van der Waals surface area contributed by atoms with Crippen LogP contribution < -0.4 is 11.3 Å². The molecule has 5 heteroatoms. The highest BCUT2D eigenvalue weighted by Crippen LogP contribution is 2.20. The largest absolute Gasteiger partial charge is 0.338 e. The van der Waals surface area contributed by atoms with Gasteiger partial charge in [0.1, 0.15) is 5.56 Å². The normalized spacial score (nSPS) is 19.8. The number of nitrogens with one attached hydrogen (secondary N) is 1. The van der Waals surface area contributed by atoms with Crippen molar-refractivity contribution in [3.63, 3.8) is 0 Å². The molecule has 1 saturated heterocycles. The molecule has 0 aromatic carbocycles. The van der Waals surface area contributed by atoms with Crippen LogP contribution in [0.1, 0.15) is 29.6 Å². The first-order valence-electron chi connectivity index (χ1n) is 6.39. The Morgan fingerprint density at radius 1 is 1.56 bits per heavy atom. The molecule has 0 bridgehead atoms. The Kier molecular flexibility index (Phi) is 4.15. The molecule has 5 nitrogen and oxygen atoms in total. The Morgan fingerprint density at radius 3 is 3.11 bits per heavy atom.